The van der Waals surface area contributed by atoms with Crippen molar-refractivity contribution in [3.05, 3.63) is 53.6 Å². The zero-order chi connectivity index (χ0) is 15.9. The van der Waals surface area contributed by atoms with Crippen LogP contribution < -0.4 is 9.32 Å². The molecule has 2 aromatic rings. The zero-order valence-corrected chi connectivity index (χ0v) is 12.8. The van der Waals surface area contributed by atoms with E-state index >= 15 is 0 Å². The molecule has 0 saturated carbocycles. The summed E-state index contributed by atoms with van der Waals surface area (Å²) in [6.07, 6.45) is 0.624. The second-order valence-electron chi connectivity index (χ2n) is 5.20. The average molecular weight is 317 g/mol. The van der Waals surface area contributed by atoms with E-state index in [2.05, 4.69) is 0 Å². The van der Waals surface area contributed by atoms with E-state index in [9.17, 15) is 13.2 Å². The van der Waals surface area contributed by atoms with Gasteiger partial charge in [0, 0.05) is 11.5 Å². The van der Waals surface area contributed by atoms with Crippen molar-refractivity contribution in [3.8, 4) is 16.9 Å². The van der Waals surface area contributed by atoms with Gasteiger partial charge in [0.05, 0.1) is 0 Å². The maximum atomic E-state index is 12.6. The minimum absolute atomic E-state index is 0.0401. The van der Waals surface area contributed by atoms with E-state index in [1.54, 1.807) is 18.2 Å². The Morgan fingerprint density at radius 1 is 1.09 bits per heavy atom. The van der Waals surface area contributed by atoms with Gasteiger partial charge in [0.1, 0.15) is 5.75 Å². The van der Waals surface area contributed by atoms with E-state index in [1.807, 2.05) is 31.2 Å². The lowest BCUT2D eigenvalue weighted by Gasteiger charge is -2.26. The van der Waals surface area contributed by atoms with Crippen LogP contribution in [0.3, 0.4) is 0 Å². The molecule has 6 heteroatoms. The van der Waals surface area contributed by atoms with Crippen LogP contribution in [0.1, 0.15) is 35.2 Å². The van der Waals surface area contributed by atoms with Crippen LogP contribution in [0.5, 0.6) is 5.75 Å². The lowest BCUT2D eigenvalue weighted by atomic mass is 9.76. The van der Waals surface area contributed by atoms with Crippen molar-refractivity contribution in [3.63, 3.8) is 0 Å². The molecule has 1 aliphatic rings. The Hall–Kier alpha value is -2.18. The molecule has 2 aromatic carbocycles. The lowest BCUT2D eigenvalue weighted by Crippen LogP contribution is -2.21. The fraction of sp³-hybridized carbons (Fsp3) is 0.188. The molecule has 0 aliphatic heterocycles. The fourth-order valence-electron chi connectivity index (χ4n) is 2.93. The fourth-order valence-corrected chi connectivity index (χ4v) is 3.30. The lowest BCUT2D eigenvalue weighted by molar-refractivity contribution is 0.0956. The van der Waals surface area contributed by atoms with Crippen molar-refractivity contribution in [2.24, 2.45) is 5.14 Å². The predicted octanol–water partition coefficient (Wildman–Crippen LogP) is 2.63. The summed E-state index contributed by atoms with van der Waals surface area (Å²) in [6, 6.07) is 12.3. The third kappa shape index (κ3) is 2.51. The average Bonchev–Trinajstić information content (AvgIpc) is 2.46. The van der Waals surface area contributed by atoms with Gasteiger partial charge in [-0.1, -0.05) is 37.3 Å². The first-order chi connectivity index (χ1) is 10.4. The summed E-state index contributed by atoms with van der Waals surface area (Å²) in [7, 11) is -4.09. The van der Waals surface area contributed by atoms with Gasteiger partial charge in [-0.15, -0.1) is 0 Å². The number of Topliss-reactive ketones (excluding diaryl/α,β-unsaturated/α-hetero) is 1. The molecule has 0 bridgehead atoms. The molecule has 1 unspecified atom stereocenters. The van der Waals surface area contributed by atoms with Gasteiger partial charge in [-0.05, 0) is 35.2 Å². The minimum Gasteiger partial charge on any atom is -0.371 e. The van der Waals surface area contributed by atoms with Crippen molar-refractivity contribution >= 4 is 16.1 Å². The summed E-state index contributed by atoms with van der Waals surface area (Å²) in [6.45, 7) is 1.92. The van der Waals surface area contributed by atoms with Gasteiger partial charge in [-0.3, -0.25) is 4.79 Å². The molecular formula is C16H15NO4S. The zero-order valence-electron chi connectivity index (χ0n) is 11.9. The van der Waals surface area contributed by atoms with Crippen molar-refractivity contribution in [1.29, 1.82) is 0 Å². The maximum absolute atomic E-state index is 12.6. The highest BCUT2D eigenvalue weighted by molar-refractivity contribution is 7.84. The van der Waals surface area contributed by atoms with Crippen LogP contribution in [0.2, 0.25) is 0 Å². The molecule has 3 rings (SSSR count). The molecule has 0 amide bonds. The van der Waals surface area contributed by atoms with Crippen molar-refractivity contribution in [1.82, 2.24) is 0 Å². The monoisotopic (exact) mass is 317 g/mol. The third-order valence-corrected chi connectivity index (χ3v) is 4.24. The van der Waals surface area contributed by atoms with Gasteiger partial charge in [0.25, 0.3) is 0 Å². The first-order valence-electron chi connectivity index (χ1n) is 6.90. The molecule has 1 aliphatic carbocycles. The topological polar surface area (TPSA) is 86.5 Å². The van der Waals surface area contributed by atoms with Crippen LogP contribution in [0.15, 0.2) is 42.5 Å². The van der Waals surface area contributed by atoms with Crippen molar-refractivity contribution in [2.45, 2.75) is 19.3 Å². The van der Waals surface area contributed by atoms with Gasteiger partial charge in [0.2, 0.25) is 0 Å². The first-order valence-corrected chi connectivity index (χ1v) is 8.37. The number of carbonyl (C=O) groups is 1. The standard InChI is InChI=1S/C16H15NO4S/c1-2-11-15-9-10(21-22(17,19)20)7-8-13(15)12-5-3-4-6-14(12)16(11)18/h3-9,11H,2H2,1H3,(H2,17,19,20). The van der Waals surface area contributed by atoms with Crippen LogP contribution in [0, 0.1) is 0 Å². The van der Waals surface area contributed by atoms with E-state index in [4.69, 9.17) is 9.32 Å². The van der Waals surface area contributed by atoms with Gasteiger partial charge >= 0.3 is 10.3 Å². The molecule has 0 heterocycles. The summed E-state index contributed by atoms with van der Waals surface area (Å²) in [5.74, 6) is -0.154. The second-order valence-corrected chi connectivity index (χ2v) is 6.35. The normalized spacial score (nSPS) is 16.8. The molecule has 0 radical (unpaired) electrons. The number of carbonyl (C=O) groups excluding carboxylic acids is 1. The highest BCUT2D eigenvalue weighted by Gasteiger charge is 2.31. The highest BCUT2D eigenvalue weighted by atomic mass is 32.2. The largest absolute Gasteiger partial charge is 0.380 e. The number of hydrogen-bond donors (Lipinski definition) is 1. The maximum Gasteiger partial charge on any atom is 0.380 e. The van der Waals surface area contributed by atoms with Crippen molar-refractivity contribution < 1.29 is 17.4 Å². The summed E-state index contributed by atoms with van der Waals surface area (Å²) >= 11 is 0. The first kappa shape index (κ1) is 14.7. The smallest absolute Gasteiger partial charge is 0.371 e. The van der Waals surface area contributed by atoms with Gasteiger partial charge in [-0.25, -0.2) is 0 Å². The number of fused-ring (bicyclic) bond motifs is 3. The van der Waals surface area contributed by atoms with Gasteiger partial charge < -0.3 is 4.18 Å². The number of benzene rings is 2. The summed E-state index contributed by atoms with van der Waals surface area (Å²) in [5, 5.41) is 4.90. The number of nitrogens with two attached hydrogens (primary N) is 1. The van der Waals surface area contributed by atoms with E-state index in [0.717, 1.165) is 16.7 Å². The molecule has 2 N–H and O–H groups in total. The quantitative estimate of drug-likeness (QED) is 0.942. The Balaban J connectivity index is 2.19. The molecule has 22 heavy (non-hydrogen) atoms. The summed E-state index contributed by atoms with van der Waals surface area (Å²) < 4.78 is 26.9. The van der Waals surface area contributed by atoms with E-state index in [1.165, 1.54) is 0 Å². The van der Waals surface area contributed by atoms with Gasteiger partial charge in [0.15, 0.2) is 5.78 Å². The molecule has 0 saturated heterocycles. The highest BCUT2D eigenvalue weighted by Crippen LogP contribution is 2.42. The molecular weight excluding hydrogens is 302 g/mol. The number of hydrogen-bond acceptors (Lipinski definition) is 4. The minimum atomic E-state index is -4.09. The van der Waals surface area contributed by atoms with Gasteiger partial charge in [-0.2, -0.15) is 13.6 Å². The van der Waals surface area contributed by atoms with Crippen LogP contribution in [0.4, 0.5) is 0 Å². The molecule has 0 aromatic heterocycles. The molecule has 5 nitrogen and oxygen atoms in total. The Bertz CT molecular complexity index is 858. The molecule has 1 atom stereocenters. The summed E-state index contributed by atoms with van der Waals surface area (Å²) in [5.41, 5.74) is 3.24. The SMILES string of the molecule is CCC1C(=O)c2ccccc2-c2ccc(OS(N)(=O)=O)cc21. The predicted molar refractivity (Wildman–Crippen MR) is 83.0 cm³/mol. The Morgan fingerprint density at radius 3 is 2.41 bits per heavy atom. The van der Waals surface area contributed by atoms with Crippen LogP contribution in [0.25, 0.3) is 11.1 Å². The summed E-state index contributed by atoms with van der Waals surface area (Å²) in [4.78, 5) is 12.6. The van der Waals surface area contributed by atoms with Crippen LogP contribution in [-0.2, 0) is 10.3 Å². The number of ketones is 1. The number of rotatable bonds is 3. The molecule has 0 fully saturated rings. The third-order valence-electron chi connectivity index (χ3n) is 3.82. The molecule has 0 spiro atoms. The van der Waals surface area contributed by atoms with Crippen molar-refractivity contribution in [2.75, 3.05) is 0 Å². The second kappa shape index (κ2) is 5.23. The Morgan fingerprint density at radius 2 is 1.77 bits per heavy atom. The molecule has 114 valence electrons. The Labute approximate surface area is 129 Å². The van der Waals surface area contributed by atoms with E-state index in [-0.39, 0.29) is 17.5 Å². The van der Waals surface area contributed by atoms with E-state index < -0.39 is 10.3 Å². The van der Waals surface area contributed by atoms with Crippen LogP contribution in [-0.4, -0.2) is 14.2 Å². The Kier molecular flexibility index (Phi) is 3.50. The van der Waals surface area contributed by atoms with Crippen LogP contribution >= 0.6 is 0 Å². The van der Waals surface area contributed by atoms with E-state index in [0.29, 0.717) is 12.0 Å².